The Bertz CT molecular complexity index is 489. The van der Waals surface area contributed by atoms with Gasteiger partial charge in [0.1, 0.15) is 6.04 Å². The van der Waals surface area contributed by atoms with Crippen molar-refractivity contribution in [1.82, 2.24) is 10.6 Å². The molecule has 4 N–H and O–H groups in total. The van der Waals surface area contributed by atoms with Crippen LogP contribution in [-0.2, 0) is 9.53 Å². The van der Waals surface area contributed by atoms with Gasteiger partial charge in [-0.05, 0) is 25.5 Å². The number of amides is 2. The molecule has 20 heavy (non-hydrogen) atoms. The Morgan fingerprint density at radius 3 is 2.75 bits per heavy atom. The number of benzene rings is 1. The number of anilines is 1. The standard InChI is InChI=1S/C14H21N3O3/c1-9-5-4-6-11(12(9)15)14(19)17-10(2)13(18)16-7-8-20-3/h4-6,10H,7-8,15H2,1-3H3,(H,16,18)(H,17,19). The van der Waals surface area contributed by atoms with Crippen molar-refractivity contribution < 1.29 is 14.3 Å². The lowest BCUT2D eigenvalue weighted by atomic mass is 10.1. The van der Waals surface area contributed by atoms with E-state index in [4.69, 9.17) is 10.5 Å². The molecule has 0 radical (unpaired) electrons. The van der Waals surface area contributed by atoms with Crippen LogP contribution >= 0.6 is 0 Å². The second-order valence-electron chi connectivity index (χ2n) is 4.52. The van der Waals surface area contributed by atoms with Crippen LogP contribution in [0.5, 0.6) is 0 Å². The van der Waals surface area contributed by atoms with Crippen molar-refractivity contribution in [1.29, 1.82) is 0 Å². The van der Waals surface area contributed by atoms with E-state index in [1.165, 1.54) is 0 Å². The lowest BCUT2D eigenvalue weighted by Gasteiger charge is -2.15. The number of para-hydroxylation sites is 1. The van der Waals surface area contributed by atoms with Crippen molar-refractivity contribution in [2.45, 2.75) is 19.9 Å². The van der Waals surface area contributed by atoms with E-state index in [9.17, 15) is 9.59 Å². The first kappa shape index (κ1) is 16.0. The van der Waals surface area contributed by atoms with Crippen LogP contribution < -0.4 is 16.4 Å². The minimum atomic E-state index is -0.640. The first-order chi connectivity index (χ1) is 9.47. The van der Waals surface area contributed by atoms with Crippen LogP contribution in [0.1, 0.15) is 22.8 Å². The van der Waals surface area contributed by atoms with E-state index in [0.29, 0.717) is 24.4 Å². The lowest BCUT2D eigenvalue weighted by molar-refractivity contribution is -0.122. The number of aryl methyl sites for hydroxylation is 1. The number of nitrogen functional groups attached to an aromatic ring is 1. The third kappa shape index (κ3) is 4.24. The van der Waals surface area contributed by atoms with Gasteiger partial charge < -0.3 is 21.1 Å². The summed E-state index contributed by atoms with van der Waals surface area (Å²) in [6.45, 7) is 4.28. The molecule has 0 fully saturated rings. The molecule has 0 spiro atoms. The van der Waals surface area contributed by atoms with Crippen LogP contribution in [0.4, 0.5) is 5.69 Å². The first-order valence-electron chi connectivity index (χ1n) is 6.40. The number of methoxy groups -OCH3 is 1. The summed E-state index contributed by atoms with van der Waals surface area (Å²) in [6, 6.07) is 4.57. The molecular weight excluding hydrogens is 258 g/mol. The highest BCUT2D eigenvalue weighted by Gasteiger charge is 2.18. The second-order valence-corrected chi connectivity index (χ2v) is 4.52. The zero-order valence-corrected chi connectivity index (χ0v) is 12.0. The summed E-state index contributed by atoms with van der Waals surface area (Å²) < 4.78 is 4.83. The van der Waals surface area contributed by atoms with E-state index in [1.54, 1.807) is 26.2 Å². The molecular formula is C14H21N3O3. The normalized spacial score (nSPS) is 11.8. The number of hydrogen-bond acceptors (Lipinski definition) is 4. The van der Waals surface area contributed by atoms with Gasteiger partial charge in [-0.25, -0.2) is 0 Å². The number of rotatable bonds is 6. The van der Waals surface area contributed by atoms with E-state index >= 15 is 0 Å². The monoisotopic (exact) mass is 279 g/mol. The number of carbonyl (C=O) groups is 2. The van der Waals surface area contributed by atoms with Gasteiger partial charge in [0.15, 0.2) is 0 Å². The molecule has 0 bridgehead atoms. The van der Waals surface area contributed by atoms with Gasteiger partial charge in [-0.15, -0.1) is 0 Å². The number of ether oxygens (including phenoxy) is 1. The zero-order chi connectivity index (χ0) is 15.1. The van der Waals surface area contributed by atoms with Crippen LogP contribution in [0, 0.1) is 6.92 Å². The number of carbonyl (C=O) groups excluding carboxylic acids is 2. The maximum absolute atomic E-state index is 12.1. The van der Waals surface area contributed by atoms with E-state index in [2.05, 4.69) is 10.6 Å². The van der Waals surface area contributed by atoms with Crippen LogP contribution in [-0.4, -0.2) is 38.1 Å². The molecule has 0 aromatic heterocycles. The topological polar surface area (TPSA) is 93.5 Å². The minimum Gasteiger partial charge on any atom is -0.398 e. The van der Waals surface area contributed by atoms with Crippen LogP contribution in [0.3, 0.4) is 0 Å². The molecule has 0 aliphatic carbocycles. The Morgan fingerprint density at radius 2 is 2.10 bits per heavy atom. The Kier molecular flexibility index (Phi) is 5.99. The summed E-state index contributed by atoms with van der Waals surface area (Å²) in [5, 5.41) is 5.28. The van der Waals surface area contributed by atoms with Crippen molar-refractivity contribution >= 4 is 17.5 Å². The highest BCUT2D eigenvalue weighted by Crippen LogP contribution is 2.16. The molecule has 1 atom stereocenters. The summed E-state index contributed by atoms with van der Waals surface area (Å²) >= 11 is 0. The average molecular weight is 279 g/mol. The molecule has 0 heterocycles. The van der Waals surface area contributed by atoms with E-state index in [1.807, 2.05) is 13.0 Å². The second kappa shape index (κ2) is 7.49. The van der Waals surface area contributed by atoms with Gasteiger partial charge in [-0.1, -0.05) is 12.1 Å². The SMILES string of the molecule is COCCNC(=O)C(C)NC(=O)c1cccc(C)c1N. The molecule has 1 aromatic carbocycles. The molecule has 1 aromatic rings. The molecule has 0 saturated heterocycles. The molecule has 1 rings (SSSR count). The van der Waals surface area contributed by atoms with Gasteiger partial charge in [0.05, 0.1) is 12.2 Å². The van der Waals surface area contributed by atoms with E-state index < -0.39 is 6.04 Å². The third-order valence-corrected chi connectivity index (χ3v) is 2.92. The lowest BCUT2D eigenvalue weighted by Crippen LogP contribution is -2.45. The van der Waals surface area contributed by atoms with Crippen molar-refractivity contribution in [3.05, 3.63) is 29.3 Å². The number of nitrogens with one attached hydrogen (secondary N) is 2. The van der Waals surface area contributed by atoms with Gasteiger partial charge in [0, 0.05) is 19.3 Å². The Labute approximate surface area is 118 Å². The number of nitrogens with two attached hydrogens (primary N) is 1. The van der Waals surface area contributed by atoms with Crippen molar-refractivity contribution in [3.8, 4) is 0 Å². The summed E-state index contributed by atoms with van der Waals surface area (Å²) in [6.07, 6.45) is 0. The summed E-state index contributed by atoms with van der Waals surface area (Å²) in [7, 11) is 1.55. The fraction of sp³-hybridized carbons (Fsp3) is 0.429. The summed E-state index contributed by atoms with van der Waals surface area (Å²) in [4.78, 5) is 23.8. The van der Waals surface area contributed by atoms with Gasteiger partial charge in [0.25, 0.3) is 5.91 Å². The van der Waals surface area contributed by atoms with Crippen molar-refractivity contribution in [3.63, 3.8) is 0 Å². The van der Waals surface area contributed by atoms with Crippen molar-refractivity contribution in [2.75, 3.05) is 26.0 Å². The molecule has 110 valence electrons. The molecule has 6 nitrogen and oxygen atoms in total. The van der Waals surface area contributed by atoms with Crippen molar-refractivity contribution in [2.24, 2.45) is 0 Å². The van der Waals surface area contributed by atoms with Crippen LogP contribution in [0.15, 0.2) is 18.2 Å². The fourth-order valence-corrected chi connectivity index (χ4v) is 1.65. The predicted molar refractivity (Wildman–Crippen MR) is 77.4 cm³/mol. The van der Waals surface area contributed by atoms with Gasteiger partial charge in [-0.2, -0.15) is 0 Å². The zero-order valence-electron chi connectivity index (χ0n) is 12.0. The fourth-order valence-electron chi connectivity index (χ4n) is 1.65. The van der Waals surface area contributed by atoms with E-state index in [-0.39, 0.29) is 11.8 Å². The van der Waals surface area contributed by atoms with E-state index in [0.717, 1.165) is 5.56 Å². The Balaban J connectivity index is 2.61. The minimum absolute atomic E-state index is 0.262. The summed E-state index contributed by atoms with van der Waals surface area (Å²) in [5.74, 6) is -0.623. The quantitative estimate of drug-likeness (QED) is 0.521. The molecule has 0 saturated carbocycles. The summed E-state index contributed by atoms with van der Waals surface area (Å²) in [5.41, 5.74) is 7.49. The van der Waals surface area contributed by atoms with Crippen LogP contribution in [0.2, 0.25) is 0 Å². The molecule has 0 aliphatic heterocycles. The molecule has 6 heteroatoms. The van der Waals surface area contributed by atoms with Gasteiger partial charge >= 0.3 is 0 Å². The average Bonchev–Trinajstić information content (AvgIpc) is 2.41. The smallest absolute Gasteiger partial charge is 0.254 e. The maximum atomic E-state index is 12.1. The largest absolute Gasteiger partial charge is 0.398 e. The Hall–Kier alpha value is -2.08. The molecule has 0 aliphatic rings. The highest BCUT2D eigenvalue weighted by atomic mass is 16.5. The third-order valence-electron chi connectivity index (χ3n) is 2.92. The first-order valence-corrected chi connectivity index (χ1v) is 6.40. The Morgan fingerprint density at radius 1 is 1.40 bits per heavy atom. The van der Waals surface area contributed by atoms with Gasteiger partial charge in [-0.3, -0.25) is 9.59 Å². The maximum Gasteiger partial charge on any atom is 0.254 e. The predicted octanol–water partition coefficient (Wildman–Crippen LogP) is 0.458. The molecule has 1 unspecified atom stereocenters. The van der Waals surface area contributed by atoms with Gasteiger partial charge in [0.2, 0.25) is 5.91 Å². The van der Waals surface area contributed by atoms with Crippen LogP contribution in [0.25, 0.3) is 0 Å². The number of hydrogen-bond donors (Lipinski definition) is 3. The molecule has 2 amide bonds. The highest BCUT2D eigenvalue weighted by molar-refractivity contribution is 6.01.